The van der Waals surface area contributed by atoms with Gasteiger partial charge >= 0.3 is 0 Å². The number of anilines is 1. The van der Waals surface area contributed by atoms with Gasteiger partial charge in [-0.05, 0) is 33.2 Å². The van der Waals surface area contributed by atoms with Crippen molar-refractivity contribution in [2.24, 2.45) is 0 Å². The standard InChI is InChI=1S/C14H20N6O2/c1-10-6-13(22-18-10)17-14(21)11(2)20-5-3-4-12(20)7-19-9-15-8-16-19/h6,8-9,11-12H,3-5,7H2,1-2H3,(H,17,21). The molecule has 8 heteroatoms. The molecule has 1 fully saturated rings. The molecule has 1 aliphatic heterocycles. The van der Waals surface area contributed by atoms with E-state index >= 15 is 0 Å². The van der Waals surface area contributed by atoms with Gasteiger partial charge in [0.05, 0.1) is 18.3 Å². The number of likely N-dealkylation sites (tertiary alicyclic amines) is 1. The predicted octanol–water partition coefficient (Wildman–Crippen LogP) is 1.07. The Balaban J connectivity index is 1.62. The van der Waals surface area contributed by atoms with Crippen molar-refractivity contribution in [1.29, 1.82) is 0 Å². The Morgan fingerprint density at radius 1 is 1.59 bits per heavy atom. The molecule has 118 valence electrons. The molecule has 22 heavy (non-hydrogen) atoms. The molecular formula is C14H20N6O2. The minimum atomic E-state index is -0.235. The summed E-state index contributed by atoms with van der Waals surface area (Å²) in [5, 5.41) is 10.7. The first kappa shape index (κ1) is 14.7. The van der Waals surface area contributed by atoms with Crippen LogP contribution >= 0.6 is 0 Å². The van der Waals surface area contributed by atoms with Gasteiger partial charge in [0.2, 0.25) is 11.8 Å². The van der Waals surface area contributed by atoms with Gasteiger partial charge in [-0.2, -0.15) is 5.10 Å². The summed E-state index contributed by atoms with van der Waals surface area (Å²) in [4.78, 5) is 18.6. The number of nitrogens with zero attached hydrogens (tertiary/aromatic N) is 5. The van der Waals surface area contributed by atoms with E-state index in [0.29, 0.717) is 11.9 Å². The lowest BCUT2D eigenvalue weighted by molar-refractivity contribution is -0.121. The van der Waals surface area contributed by atoms with Crippen molar-refractivity contribution in [3.05, 3.63) is 24.4 Å². The number of hydrogen-bond donors (Lipinski definition) is 1. The number of carbonyl (C=O) groups is 1. The van der Waals surface area contributed by atoms with Gasteiger partial charge in [-0.3, -0.25) is 19.7 Å². The average Bonchev–Trinajstić information content (AvgIpc) is 3.21. The van der Waals surface area contributed by atoms with Gasteiger partial charge in [0.25, 0.3) is 0 Å². The molecule has 1 aliphatic rings. The summed E-state index contributed by atoms with van der Waals surface area (Å²) in [7, 11) is 0. The summed E-state index contributed by atoms with van der Waals surface area (Å²) in [6, 6.07) is 1.77. The van der Waals surface area contributed by atoms with Crippen LogP contribution in [0.15, 0.2) is 23.2 Å². The second-order valence-electron chi connectivity index (χ2n) is 5.65. The number of aryl methyl sites for hydroxylation is 1. The van der Waals surface area contributed by atoms with Crippen LogP contribution in [0.2, 0.25) is 0 Å². The zero-order valence-electron chi connectivity index (χ0n) is 12.8. The molecule has 0 radical (unpaired) electrons. The van der Waals surface area contributed by atoms with E-state index in [1.165, 1.54) is 6.33 Å². The van der Waals surface area contributed by atoms with E-state index in [2.05, 4.69) is 25.5 Å². The van der Waals surface area contributed by atoms with E-state index in [-0.39, 0.29) is 11.9 Å². The van der Waals surface area contributed by atoms with Crippen LogP contribution in [0, 0.1) is 6.92 Å². The third kappa shape index (κ3) is 3.16. The quantitative estimate of drug-likeness (QED) is 0.888. The molecule has 2 aromatic heterocycles. The van der Waals surface area contributed by atoms with E-state index in [0.717, 1.165) is 31.6 Å². The minimum absolute atomic E-state index is 0.0818. The number of aromatic nitrogens is 4. The topological polar surface area (TPSA) is 89.1 Å². The monoisotopic (exact) mass is 304 g/mol. The molecule has 0 saturated carbocycles. The van der Waals surface area contributed by atoms with Crippen molar-refractivity contribution in [3.63, 3.8) is 0 Å². The summed E-state index contributed by atoms with van der Waals surface area (Å²) >= 11 is 0. The number of hydrogen-bond acceptors (Lipinski definition) is 6. The summed E-state index contributed by atoms with van der Waals surface area (Å²) in [6.07, 6.45) is 5.37. The highest BCUT2D eigenvalue weighted by Gasteiger charge is 2.32. The van der Waals surface area contributed by atoms with Crippen molar-refractivity contribution < 1.29 is 9.32 Å². The lowest BCUT2D eigenvalue weighted by Gasteiger charge is -2.29. The van der Waals surface area contributed by atoms with E-state index in [1.807, 2.05) is 18.5 Å². The first-order chi connectivity index (χ1) is 10.6. The molecule has 0 aromatic carbocycles. The SMILES string of the molecule is Cc1cc(NC(=O)C(C)N2CCCC2Cn2cncn2)on1. The predicted molar refractivity (Wildman–Crippen MR) is 79.1 cm³/mol. The Hall–Kier alpha value is -2.22. The van der Waals surface area contributed by atoms with Gasteiger partial charge < -0.3 is 4.52 Å². The maximum Gasteiger partial charge on any atom is 0.243 e. The molecular weight excluding hydrogens is 284 g/mol. The normalized spacial score (nSPS) is 20.2. The van der Waals surface area contributed by atoms with Gasteiger partial charge in [0.1, 0.15) is 12.7 Å². The Bertz CT molecular complexity index is 623. The maximum atomic E-state index is 12.4. The molecule has 1 saturated heterocycles. The molecule has 0 aliphatic carbocycles. The van der Waals surface area contributed by atoms with Crippen LogP contribution < -0.4 is 5.32 Å². The Morgan fingerprint density at radius 3 is 3.14 bits per heavy atom. The van der Waals surface area contributed by atoms with E-state index in [1.54, 1.807) is 12.4 Å². The summed E-state index contributed by atoms with van der Waals surface area (Å²) in [5.41, 5.74) is 0.744. The first-order valence-electron chi connectivity index (χ1n) is 7.46. The van der Waals surface area contributed by atoms with Crippen LogP contribution in [-0.4, -0.2) is 49.4 Å². The van der Waals surface area contributed by atoms with E-state index < -0.39 is 0 Å². The van der Waals surface area contributed by atoms with Crippen LogP contribution in [0.1, 0.15) is 25.5 Å². The molecule has 8 nitrogen and oxygen atoms in total. The van der Waals surface area contributed by atoms with Crippen molar-refractivity contribution >= 4 is 11.8 Å². The first-order valence-corrected chi connectivity index (χ1v) is 7.46. The summed E-state index contributed by atoms with van der Waals surface area (Å²) in [6.45, 7) is 5.39. The second-order valence-corrected chi connectivity index (χ2v) is 5.65. The smallest absolute Gasteiger partial charge is 0.243 e. The van der Waals surface area contributed by atoms with Gasteiger partial charge in [0, 0.05) is 12.1 Å². The second kappa shape index (κ2) is 6.27. The molecule has 0 bridgehead atoms. The van der Waals surface area contributed by atoms with Crippen LogP contribution in [0.5, 0.6) is 0 Å². The highest BCUT2D eigenvalue weighted by Crippen LogP contribution is 2.22. The fourth-order valence-corrected chi connectivity index (χ4v) is 2.91. The fourth-order valence-electron chi connectivity index (χ4n) is 2.91. The average molecular weight is 304 g/mol. The van der Waals surface area contributed by atoms with Crippen molar-refractivity contribution in [2.45, 2.75) is 45.3 Å². The Morgan fingerprint density at radius 2 is 2.45 bits per heavy atom. The molecule has 0 spiro atoms. The molecule has 2 atom stereocenters. The van der Waals surface area contributed by atoms with Crippen molar-refractivity contribution in [2.75, 3.05) is 11.9 Å². The van der Waals surface area contributed by atoms with Crippen LogP contribution in [0.25, 0.3) is 0 Å². The lowest BCUT2D eigenvalue weighted by atomic mass is 10.2. The van der Waals surface area contributed by atoms with Crippen LogP contribution in [0.4, 0.5) is 5.88 Å². The third-order valence-electron chi connectivity index (χ3n) is 4.04. The van der Waals surface area contributed by atoms with Gasteiger partial charge in [0.15, 0.2) is 0 Å². The number of rotatable bonds is 5. The molecule has 1 amide bonds. The molecule has 3 rings (SSSR count). The largest absolute Gasteiger partial charge is 0.338 e. The van der Waals surface area contributed by atoms with Gasteiger partial charge in [-0.25, -0.2) is 4.98 Å². The minimum Gasteiger partial charge on any atom is -0.338 e. The van der Waals surface area contributed by atoms with Gasteiger partial charge in [-0.1, -0.05) is 5.16 Å². The van der Waals surface area contributed by atoms with E-state index in [9.17, 15) is 4.79 Å². The number of amides is 1. The Labute approximate surface area is 128 Å². The third-order valence-corrected chi connectivity index (χ3v) is 4.04. The highest BCUT2D eigenvalue weighted by molar-refractivity contribution is 5.93. The fraction of sp³-hybridized carbons (Fsp3) is 0.571. The summed E-state index contributed by atoms with van der Waals surface area (Å²) in [5.74, 6) is 0.308. The highest BCUT2D eigenvalue weighted by atomic mass is 16.5. The number of nitrogens with one attached hydrogen (secondary N) is 1. The lowest BCUT2D eigenvalue weighted by Crippen LogP contribution is -2.46. The zero-order chi connectivity index (χ0) is 15.5. The number of carbonyl (C=O) groups excluding carboxylic acids is 1. The van der Waals surface area contributed by atoms with Crippen LogP contribution in [-0.2, 0) is 11.3 Å². The van der Waals surface area contributed by atoms with E-state index in [4.69, 9.17) is 4.52 Å². The van der Waals surface area contributed by atoms with Crippen LogP contribution in [0.3, 0.4) is 0 Å². The molecule has 2 unspecified atom stereocenters. The van der Waals surface area contributed by atoms with Crippen molar-refractivity contribution in [3.8, 4) is 0 Å². The van der Waals surface area contributed by atoms with Gasteiger partial charge in [-0.15, -0.1) is 0 Å². The molecule has 3 heterocycles. The zero-order valence-corrected chi connectivity index (χ0v) is 12.8. The van der Waals surface area contributed by atoms with Crippen molar-refractivity contribution in [1.82, 2.24) is 24.8 Å². The summed E-state index contributed by atoms with van der Waals surface area (Å²) < 4.78 is 6.85. The Kier molecular flexibility index (Phi) is 4.19. The maximum absolute atomic E-state index is 12.4. The molecule has 1 N–H and O–H groups in total. The molecule has 2 aromatic rings.